The van der Waals surface area contributed by atoms with Crippen molar-refractivity contribution in [3.8, 4) is 0 Å². The largest absolute Gasteiger partial charge is 0.335 e. The van der Waals surface area contributed by atoms with Gasteiger partial charge in [-0.25, -0.2) is 0 Å². The third kappa shape index (κ3) is 1.69. The first-order valence-electron chi connectivity index (χ1n) is 5.55. The van der Waals surface area contributed by atoms with Gasteiger partial charge in [0.1, 0.15) is 6.04 Å². The summed E-state index contributed by atoms with van der Waals surface area (Å²) in [7, 11) is 0. The predicted molar refractivity (Wildman–Crippen MR) is 56.0 cm³/mol. The van der Waals surface area contributed by atoms with Gasteiger partial charge in [-0.1, -0.05) is 19.1 Å². The Kier molecular flexibility index (Phi) is 2.87. The molecule has 2 atom stereocenters. The highest BCUT2D eigenvalue weighted by atomic mass is 16.2. The van der Waals surface area contributed by atoms with E-state index in [1.165, 1.54) is 0 Å². The summed E-state index contributed by atoms with van der Waals surface area (Å²) in [6, 6.07) is 0.325. The van der Waals surface area contributed by atoms with Gasteiger partial charge in [0.15, 0.2) is 0 Å². The van der Waals surface area contributed by atoms with Gasteiger partial charge < -0.3 is 10.2 Å². The smallest absolute Gasteiger partial charge is 0.244 e. The van der Waals surface area contributed by atoms with Gasteiger partial charge in [-0.05, 0) is 25.8 Å². The molecule has 0 aromatic heterocycles. The highest BCUT2D eigenvalue weighted by molar-refractivity contribution is 5.85. The van der Waals surface area contributed by atoms with Crippen molar-refractivity contribution < 1.29 is 4.79 Å². The lowest BCUT2D eigenvalue weighted by atomic mass is 10.1. The molecule has 1 saturated heterocycles. The van der Waals surface area contributed by atoms with Crippen LogP contribution in [0.3, 0.4) is 0 Å². The van der Waals surface area contributed by atoms with E-state index in [-0.39, 0.29) is 11.9 Å². The first kappa shape index (κ1) is 9.71. The normalized spacial score (nSPS) is 30.9. The lowest BCUT2D eigenvalue weighted by Gasteiger charge is -2.30. The van der Waals surface area contributed by atoms with E-state index in [0.717, 1.165) is 32.4 Å². The van der Waals surface area contributed by atoms with Crippen LogP contribution in [0.2, 0.25) is 0 Å². The summed E-state index contributed by atoms with van der Waals surface area (Å²) >= 11 is 0. The molecule has 0 saturated carbocycles. The standard InChI is InChI=1S/C11H18N2O/c1-2-7-12-10-6-5-9-4-3-8-13(9)11(10)14/h5-6,9-10,12H,2-4,7-8H2,1H3/t9?,10-/m1/s1. The van der Waals surface area contributed by atoms with E-state index in [0.29, 0.717) is 6.04 Å². The molecule has 1 N–H and O–H groups in total. The van der Waals surface area contributed by atoms with E-state index in [9.17, 15) is 4.79 Å². The molecule has 2 rings (SSSR count). The fourth-order valence-corrected chi connectivity index (χ4v) is 2.22. The third-order valence-corrected chi connectivity index (χ3v) is 2.99. The van der Waals surface area contributed by atoms with E-state index in [1.54, 1.807) is 0 Å². The molecule has 14 heavy (non-hydrogen) atoms. The van der Waals surface area contributed by atoms with E-state index in [2.05, 4.69) is 18.3 Å². The summed E-state index contributed by atoms with van der Waals surface area (Å²) in [6.07, 6.45) is 7.58. The lowest BCUT2D eigenvalue weighted by molar-refractivity contribution is -0.133. The van der Waals surface area contributed by atoms with Crippen molar-refractivity contribution in [3.05, 3.63) is 12.2 Å². The fraction of sp³-hybridized carbons (Fsp3) is 0.727. The minimum atomic E-state index is -0.0655. The van der Waals surface area contributed by atoms with Gasteiger partial charge in [-0.3, -0.25) is 4.79 Å². The van der Waals surface area contributed by atoms with Gasteiger partial charge in [-0.2, -0.15) is 0 Å². The van der Waals surface area contributed by atoms with E-state index in [4.69, 9.17) is 0 Å². The second-order valence-corrected chi connectivity index (χ2v) is 4.06. The summed E-state index contributed by atoms with van der Waals surface area (Å²) < 4.78 is 0. The molecule has 1 amide bonds. The Morgan fingerprint density at radius 2 is 2.43 bits per heavy atom. The van der Waals surface area contributed by atoms with E-state index in [1.807, 2.05) is 11.0 Å². The Labute approximate surface area is 85.2 Å². The number of fused-ring (bicyclic) bond motifs is 1. The lowest BCUT2D eigenvalue weighted by Crippen LogP contribution is -2.50. The number of nitrogens with one attached hydrogen (secondary N) is 1. The molecule has 1 unspecified atom stereocenters. The second kappa shape index (κ2) is 4.13. The van der Waals surface area contributed by atoms with Crippen LogP contribution in [0, 0.1) is 0 Å². The van der Waals surface area contributed by atoms with Crippen molar-refractivity contribution in [2.75, 3.05) is 13.1 Å². The summed E-state index contributed by atoms with van der Waals surface area (Å²) in [5, 5.41) is 3.26. The fourth-order valence-electron chi connectivity index (χ4n) is 2.22. The van der Waals surface area contributed by atoms with Crippen LogP contribution in [0.4, 0.5) is 0 Å². The Balaban J connectivity index is 2.00. The SMILES string of the molecule is CCCN[C@@H]1C=CC2CCCN2C1=O. The average Bonchev–Trinajstić information content (AvgIpc) is 2.66. The maximum absolute atomic E-state index is 11.9. The number of hydrogen-bond donors (Lipinski definition) is 1. The Bertz CT molecular complexity index is 250. The monoisotopic (exact) mass is 194 g/mol. The highest BCUT2D eigenvalue weighted by Crippen LogP contribution is 2.22. The third-order valence-electron chi connectivity index (χ3n) is 2.99. The van der Waals surface area contributed by atoms with Crippen molar-refractivity contribution in [2.45, 2.75) is 38.3 Å². The molecule has 0 spiro atoms. The minimum absolute atomic E-state index is 0.0655. The summed E-state index contributed by atoms with van der Waals surface area (Å²) in [5.74, 6) is 0.267. The molecule has 0 aromatic carbocycles. The van der Waals surface area contributed by atoms with Crippen LogP contribution in [0.5, 0.6) is 0 Å². The zero-order chi connectivity index (χ0) is 9.97. The van der Waals surface area contributed by atoms with E-state index >= 15 is 0 Å². The zero-order valence-electron chi connectivity index (χ0n) is 8.70. The van der Waals surface area contributed by atoms with Gasteiger partial charge in [0.2, 0.25) is 5.91 Å². The summed E-state index contributed by atoms with van der Waals surface area (Å²) in [6.45, 7) is 3.97. The molecule has 0 bridgehead atoms. The molecule has 0 radical (unpaired) electrons. The molecule has 0 aromatic rings. The molecule has 2 aliphatic rings. The Morgan fingerprint density at radius 1 is 1.57 bits per heavy atom. The van der Waals surface area contributed by atoms with Crippen molar-refractivity contribution in [1.29, 1.82) is 0 Å². The number of hydrogen-bond acceptors (Lipinski definition) is 2. The van der Waals surface area contributed by atoms with Crippen LogP contribution in [0.25, 0.3) is 0 Å². The van der Waals surface area contributed by atoms with Crippen molar-refractivity contribution >= 4 is 5.91 Å². The number of nitrogens with zero attached hydrogens (tertiary/aromatic N) is 1. The molecule has 2 heterocycles. The number of carbonyl (C=O) groups is 1. The van der Waals surface area contributed by atoms with Crippen LogP contribution in [-0.2, 0) is 4.79 Å². The number of carbonyl (C=O) groups excluding carboxylic acids is 1. The molecule has 0 aliphatic carbocycles. The molecule has 2 aliphatic heterocycles. The maximum Gasteiger partial charge on any atom is 0.244 e. The van der Waals surface area contributed by atoms with Crippen molar-refractivity contribution in [1.82, 2.24) is 10.2 Å². The van der Waals surface area contributed by atoms with Gasteiger partial charge >= 0.3 is 0 Å². The first-order chi connectivity index (χ1) is 6.83. The summed E-state index contributed by atoms with van der Waals surface area (Å²) in [4.78, 5) is 13.9. The molecule has 3 nitrogen and oxygen atoms in total. The molecular weight excluding hydrogens is 176 g/mol. The van der Waals surface area contributed by atoms with Crippen LogP contribution >= 0.6 is 0 Å². The van der Waals surface area contributed by atoms with Crippen LogP contribution in [0.15, 0.2) is 12.2 Å². The molecule has 1 fully saturated rings. The van der Waals surface area contributed by atoms with Crippen LogP contribution in [0.1, 0.15) is 26.2 Å². The summed E-state index contributed by atoms with van der Waals surface area (Å²) in [5.41, 5.74) is 0. The molecule has 3 heteroatoms. The Hall–Kier alpha value is -0.830. The second-order valence-electron chi connectivity index (χ2n) is 4.06. The predicted octanol–water partition coefficient (Wildman–Crippen LogP) is 0.915. The zero-order valence-corrected chi connectivity index (χ0v) is 8.70. The topological polar surface area (TPSA) is 32.3 Å². The Morgan fingerprint density at radius 3 is 3.21 bits per heavy atom. The quantitative estimate of drug-likeness (QED) is 0.677. The highest BCUT2D eigenvalue weighted by Gasteiger charge is 2.33. The van der Waals surface area contributed by atoms with Crippen LogP contribution < -0.4 is 5.32 Å². The minimum Gasteiger partial charge on any atom is -0.335 e. The van der Waals surface area contributed by atoms with Gasteiger partial charge in [0.05, 0.1) is 6.04 Å². The van der Waals surface area contributed by atoms with Gasteiger partial charge in [-0.15, -0.1) is 0 Å². The van der Waals surface area contributed by atoms with Crippen molar-refractivity contribution in [2.24, 2.45) is 0 Å². The van der Waals surface area contributed by atoms with Crippen molar-refractivity contribution in [3.63, 3.8) is 0 Å². The number of rotatable bonds is 3. The van der Waals surface area contributed by atoms with Gasteiger partial charge in [0.25, 0.3) is 0 Å². The number of amides is 1. The molecular formula is C11H18N2O. The first-order valence-corrected chi connectivity index (χ1v) is 5.55. The molecule has 78 valence electrons. The average molecular weight is 194 g/mol. The maximum atomic E-state index is 11.9. The van der Waals surface area contributed by atoms with Gasteiger partial charge in [0, 0.05) is 6.54 Å². The van der Waals surface area contributed by atoms with Crippen LogP contribution in [-0.4, -0.2) is 36.0 Å². The van der Waals surface area contributed by atoms with E-state index < -0.39 is 0 Å².